The first-order valence-corrected chi connectivity index (χ1v) is 18.1. The number of carbonyl (C=O) groups is 3. The van der Waals surface area contributed by atoms with E-state index in [0.29, 0.717) is 50.5 Å². The number of ether oxygens (including phenoxy) is 6. The number of aryl methyl sites for hydroxylation is 1. The standard InChI is InChI=1S/C38H56N2O10/c1-26(2)10-7-11-27-18-29-13-8-14-30(48-29)19-31(44-3)20-32-21-33(22-34(49-32)23-37(42)47-24-27)50-36(41)16-6-5-12-28-25-46-35(40-28)15-9-17-39-38(43)45-4/h6-7,9,11,15-16,25-27,29-34H,5,8,10,12-14,17-24H2,1-4H3,(H,39,43)/b11-7+,15-9-,16-6-/t27-,29-,30+,31+,32+,33+,34+/m0/s1. The molecule has 0 saturated carbocycles. The van der Waals surface area contributed by atoms with E-state index in [1.54, 1.807) is 31.6 Å². The van der Waals surface area contributed by atoms with Crippen LogP contribution in [0.3, 0.4) is 0 Å². The monoisotopic (exact) mass is 700 g/mol. The molecular weight excluding hydrogens is 644 g/mol. The minimum atomic E-state index is -0.517. The van der Waals surface area contributed by atoms with Crippen LogP contribution in [0.2, 0.25) is 0 Å². The number of cyclic esters (lactones) is 1. The summed E-state index contributed by atoms with van der Waals surface area (Å²) in [6.45, 7) is 4.97. The molecule has 3 saturated heterocycles. The summed E-state index contributed by atoms with van der Waals surface area (Å²) in [5.74, 6) is 0.298. The highest BCUT2D eigenvalue weighted by atomic mass is 16.6. The van der Waals surface area contributed by atoms with E-state index in [0.717, 1.165) is 44.2 Å². The lowest BCUT2D eigenvalue weighted by Crippen LogP contribution is -2.41. The van der Waals surface area contributed by atoms with Gasteiger partial charge in [0.05, 0.1) is 56.4 Å². The van der Waals surface area contributed by atoms with Crippen LogP contribution in [0.1, 0.15) is 96.1 Å². The number of nitrogens with zero attached hydrogens (tertiary/aromatic N) is 1. The SMILES string of the molecule is COC(=O)NC/C=C\c1nc(CC/C=C\C(=O)O[C@@H]2C[C@H]3C[C@H](OC)C[C@H]4CCC[C@@H](C[C@H](/C=C/CC(C)C)COC(=O)C[C@@H](C2)O3)O4)co1. The number of nitrogens with one attached hydrogen (secondary N) is 1. The molecule has 0 aliphatic carbocycles. The summed E-state index contributed by atoms with van der Waals surface area (Å²) in [6.07, 6.45) is 19.5. The van der Waals surface area contributed by atoms with Crippen molar-refractivity contribution in [2.45, 2.75) is 128 Å². The molecule has 3 fully saturated rings. The van der Waals surface area contributed by atoms with Crippen LogP contribution in [0.25, 0.3) is 6.08 Å². The summed E-state index contributed by atoms with van der Waals surface area (Å²) >= 11 is 0. The topological polar surface area (TPSA) is 145 Å². The molecule has 0 spiro atoms. The second-order valence-electron chi connectivity index (χ2n) is 13.9. The summed E-state index contributed by atoms with van der Waals surface area (Å²) in [5.41, 5.74) is 0.737. The third-order valence-electron chi connectivity index (χ3n) is 9.18. The van der Waals surface area contributed by atoms with Gasteiger partial charge in [0.1, 0.15) is 12.4 Å². The number of oxazole rings is 1. The van der Waals surface area contributed by atoms with Crippen molar-refractivity contribution < 1.29 is 47.2 Å². The summed E-state index contributed by atoms with van der Waals surface area (Å²) in [6, 6.07) is 0. The number of aromatic nitrogens is 1. The second-order valence-corrected chi connectivity index (χ2v) is 13.9. The van der Waals surface area contributed by atoms with Gasteiger partial charge in [0.2, 0.25) is 5.89 Å². The maximum atomic E-state index is 13.1. The fourth-order valence-electron chi connectivity index (χ4n) is 6.68. The maximum absolute atomic E-state index is 13.1. The molecule has 12 heteroatoms. The van der Waals surface area contributed by atoms with Gasteiger partial charge in [-0.15, -0.1) is 0 Å². The predicted octanol–water partition coefficient (Wildman–Crippen LogP) is 6.28. The second kappa shape index (κ2) is 21.0. The molecule has 1 aromatic heterocycles. The average molecular weight is 701 g/mol. The zero-order valence-electron chi connectivity index (χ0n) is 30.1. The first-order chi connectivity index (χ1) is 24.2. The Hall–Kier alpha value is -3.48. The van der Waals surface area contributed by atoms with E-state index in [-0.39, 0.29) is 49.3 Å². The number of alkyl carbamates (subject to hydrolysis) is 1. The Balaban J connectivity index is 1.32. The Kier molecular flexibility index (Phi) is 16.5. The van der Waals surface area contributed by atoms with Gasteiger partial charge in [0.15, 0.2) is 0 Å². The van der Waals surface area contributed by atoms with Crippen molar-refractivity contribution in [2.75, 3.05) is 27.4 Å². The van der Waals surface area contributed by atoms with Crippen molar-refractivity contribution >= 4 is 24.1 Å². The van der Waals surface area contributed by atoms with Gasteiger partial charge in [0, 0.05) is 38.5 Å². The normalized spacial score (nSPS) is 28.3. The fourth-order valence-corrected chi connectivity index (χ4v) is 6.68. The van der Waals surface area contributed by atoms with Crippen LogP contribution in [0.15, 0.2) is 41.1 Å². The van der Waals surface area contributed by atoms with E-state index in [2.05, 4.69) is 41.0 Å². The molecule has 0 unspecified atom stereocenters. The smallest absolute Gasteiger partial charge is 0.407 e. The van der Waals surface area contributed by atoms with Gasteiger partial charge in [-0.2, -0.15) is 0 Å². The van der Waals surface area contributed by atoms with Crippen LogP contribution >= 0.6 is 0 Å². The zero-order chi connectivity index (χ0) is 35.7. The number of fused-ring (bicyclic) bond motifs is 4. The lowest BCUT2D eigenvalue weighted by atomic mass is 9.91. The highest BCUT2D eigenvalue weighted by molar-refractivity contribution is 5.82. The number of esters is 2. The van der Waals surface area contributed by atoms with Gasteiger partial charge in [0.25, 0.3) is 0 Å². The molecule has 4 bridgehead atoms. The lowest BCUT2D eigenvalue weighted by molar-refractivity contribution is -0.165. The Morgan fingerprint density at radius 1 is 0.980 bits per heavy atom. The van der Waals surface area contributed by atoms with Crippen LogP contribution in [-0.2, 0) is 44.4 Å². The highest BCUT2D eigenvalue weighted by Crippen LogP contribution is 2.32. The molecule has 1 N–H and O–H groups in total. The molecule has 3 aliphatic rings. The Morgan fingerprint density at radius 2 is 1.72 bits per heavy atom. The number of hydrogen-bond acceptors (Lipinski definition) is 11. The van der Waals surface area contributed by atoms with Crippen molar-refractivity contribution in [1.29, 1.82) is 0 Å². The van der Waals surface area contributed by atoms with E-state index in [1.807, 2.05) is 0 Å². The van der Waals surface area contributed by atoms with Crippen LogP contribution in [-0.4, -0.2) is 87.0 Å². The number of hydrogen-bond donors (Lipinski definition) is 1. The highest BCUT2D eigenvalue weighted by Gasteiger charge is 2.36. The van der Waals surface area contributed by atoms with Crippen LogP contribution in [0.4, 0.5) is 4.79 Å². The third-order valence-corrected chi connectivity index (χ3v) is 9.18. The molecule has 50 heavy (non-hydrogen) atoms. The fraction of sp³-hybridized carbons (Fsp3) is 0.684. The summed E-state index contributed by atoms with van der Waals surface area (Å²) in [5, 5.41) is 2.54. The van der Waals surface area contributed by atoms with Gasteiger partial charge >= 0.3 is 18.0 Å². The summed E-state index contributed by atoms with van der Waals surface area (Å²) in [7, 11) is 3.02. The molecule has 0 aromatic carbocycles. The first-order valence-electron chi connectivity index (χ1n) is 18.1. The average Bonchev–Trinajstić information content (AvgIpc) is 3.54. The third kappa shape index (κ3) is 14.4. The van der Waals surface area contributed by atoms with E-state index in [9.17, 15) is 14.4 Å². The molecule has 3 aliphatic heterocycles. The Morgan fingerprint density at radius 3 is 2.50 bits per heavy atom. The quantitative estimate of drug-likeness (QED) is 0.114. The molecule has 4 rings (SSSR count). The van der Waals surface area contributed by atoms with Crippen molar-refractivity contribution in [3.63, 3.8) is 0 Å². The molecule has 4 heterocycles. The van der Waals surface area contributed by atoms with Gasteiger partial charge in [-0.3, -0.25) is 4.79 Å². The minimum absolute atomic E-state index is 0.0790. The van der Waals surface area contributed by atoms with E-state index >= 15 is 0 Å². The molecule has 7 atom stereocenters. The Labute approximate surface area is 296 Å². The zero-order valence-corrected chi connectivity index (χ0v) is 30.1. The van der Waals surface area contributed by atoms with E-state index < -0.39 is 24.3 Å². The Bertz CT molecular complexity index is 1290. The number of allylic oxidation sites excluding steroid dienone is 2. The van der Waals surface area contributed by atoms with Gasteiger partial charge in [-0.05, 0) is 69.8 Å². The van der Waals surface area contributed by atoms with Gasteiger partial charge < -0.3 is 38.2 Å². The molecule has 12 nitrogen and oxygen atoms in total. The first kappa shape index (κ1) is 39.3. The molecule has 0 radical (unpaired) electrons. The number of methoxy groups -OCH3 is 2. The maximum Gasteiger partial charge on any atom is 0.407 e. The van der Waals surface area contributed by atoms with E-state index in [4.69, 9.17) is 28.1 Å². The molecule has 1 amide bonds. The van der Waals surface area contributed by atoms with Crippen molar-refractivity contribution in [2.24, 2.45) is 11.8 Å². The molecular formula is C38H56N2O10. The number of amides is 1. The lowest BCUT2D eigenvalue weighted by Gasteiger charge is -2.37. The number of rotatable bonds is 12. The summed E-state index contributed by atoms with van der Waals surface area (Å²) in [4.78, 5) is 41.4. The summed E-state index contributed by atoms with van der Waals surface area (Å²) < 4.78 is 40.5. The predicted molar refractivity (Wildman–Crippen MR) is 186 cm³/mol. The molecule has 1 aromatic rings. The number of carbonyl (C=O) groups excluding carboxylic acids is 3. The van der Waals surface area contributed by atoms with E-state index in [1.165, 1.54) is 13.2 Å². The van der Waals surface area contributed by atoms with Crippen molar-refractivity contribution in [3.05, 3.63) is 48.2 Å². The van der Waals surface area contributed by atoms with Gasteiger partial charge in [-0.1, -0.05) is 38.2 Å². The minimum Gasteiger partial charge on any atom is -0.465 e. The van der Waals surface area contributed by atoms with Crippen LogP contribution in [0.5, 0.6) is 0 Å². The van der Waals surface area contributed by atoms with Crippen molar-refractivity contribution in [1.82, 2.24) is 10.3 Å². The van der Waals surface area contributed by atoms with Gasteiger partial charge in [-0.25, -0.2) is 14.6 Å². The van der Waals surface area contributed by atoms with Crippen molar-refractivity contribution in [3.8, 4) is 0 Å². The molecule has 278 valence electrons. The largest absolute Gasteiger partial charge is 0.465 e. The van der Waals surface area contributed by atoms with Crippen LogP contribution in [0, 0.1) is 11.8 Å². The van der Waals surface area contributed by atoms with Crippen LogP contribution < -0.4 is 5.32 Å².